The molecule has 1 aliphatic heterocycles. The molecule has 0 unspecified atom stereocenters. The number of urea groups is 1. The van der Waals surface area contributed by atoms with Crippen LogP contribution in [0.15, 0.2) is 59.7 Å². The Morgan fingerprint density at radius 1 is 1.07 bits per heavy atom. The lowest BCUT2D eigenvalue weighted by Crippen LogP contribution is -2.43. The highest BCUT2D eigenvalue weighted by molar-refractivity contribution is 6.07. The van der Waals surface area contributed by atoms with Crippen LogP contribution in [0.4, 0.5) is 4.79 Å². The van der Waals surface area contributed by atoms with Crippen LogP contribution < -0.4 is 10.1 Å². The minimum atomic E-state index is -1.08. The zero-order valence-corrected chi connectivity index (χ0v) is 16.2. The van der Waals surface area contributed by atoms with Gasteiger partial charge in [0.05, 0.1) is 12.8 Å². The summed E-state index contributed by atoms with van der Waals surface area (Å²) in [6.45, 7) is 4.67. The number of benzene rings is 2. The van der Waals surface area contributed by atoms with Gasteiger partial charge in [-0.05, 0) is 48.2 Å². The number of hydrogen-bond donors (Lipinski definition) is 1. The predicted molar refractivity (Wildman–Crippen MR) is 108 cm³/mol. The van der Waals surface area contributed by atoms with Crippen LogP contribution in [-0.2, 0) is 10.3 Å². The van der Waals surface area contributed by atoms with E-state index in [0.717, 1.165) is 34.7 Å². The van der Waals surface area contributed by atoms with E-state index in [2.05, 4.69) is 17.3 Å². The summed E-state index contributed by atoms with van der Waals surface area (Å²) in [6, 6.07) is 16.1. The number of imide groups is 1. The number of unbranched alkanes of at least 4 members (excludes halogenated alkanes) is 1. The molecule has 146 valence electrons. The number of amides is 3. The van der Waals surface area contributed by atoms with Gasteiger partial charge >= 0.3 is 6.03 Å². The highest BCUT2D eigenvalue weighted by Crippen LogP contribution is 2.32. The van der Waals surface area contributed by atoms with E-state index in [1.165, 1.54) is 6.21 Å². The zero-order chi connectivity index (χ0) is 20.0. The molecule has 2 aromatic rings. The molecule has 1 aliphatic rings. The summed E-state index contributed by atoms with van der Waals surface area (Å²) < 4.78 is 5.63. The monoisotopic (exact) mass is 379 g/mol. The first-order valence-electron chi connectivity index (χ1n) is 9.59. The number of carbonyl (C=O) groups is 2. The standard InChI is InChI=1S/C22H25N3O3/c1-3-5-15-28-19-13-11-17(12-14-19)16-23-25-20(26)22(4-2,24-21(25)27)18-9-7-6-8-10-18/h6-14,16H,3-5,15H2,1-2H3,(H,24,27)/b23-16-/t22-/m0/s1. The number of nitrogens with zero attached hydrogens (tertiary/aromatic N) is 2. The summed E-state index contributed by atoms with van der Waals surface area (Å²) in [6.07, 6.45) is 4.04. The van der Waals surface area contributed by atoms with E-state index >= 15 is 0 Å². The first-order chi connectivity index (χ1) is 13.6. The van der Waals surface area contributed by atoms with Gasteiger partial charge in [0, 0.05) is 0 Å². The molecule has 0 radical (unpaired) electrons. The molecule has 1 saturated heterocycles. The molecule has 2 aromatic carbocycles. The molecule has 6 nitrogen and oxygen atoms in total. The van der Waals surface area contributed by atoms with E-state index in [1.807, 2.05) is 61.5 Å². The second-order valence-electron chi connectivity index (χ2n) is 6.69. The molecule has 6 heteroatoms. The van der Waals surface area contributed by atoms with E-state index < -0.39 is 11.6 Å². The molecule has 0 saturated carbocycles. The fourth-order valence-corrected chi connectivity index (χ4v) is 3.14. The van der Waals surface area contributed by atoms with E-state index in [1.54, 1.807) is 0 Å². The quantitative estimate of drug-likeness (QED) is 0.427. The molecular weight excluding hydrogens is 354 g/mol. The van der Waals surface area contributed by atoms with Gasteiger partial charge in [0.25, 0.3) is 5.91 Å². The third kappa shape index (κ3) is 3.91. The lowest BCUT2D eigenvalue weighted by molar-refractivity contribution is -0.131. The minimum Gasteiger partial charge on any atom is -0.494 e. The molecule has 28 heavy (non-hydrogen) atoms. The van der Waals surface area contributed by atoms with Crippen molar-refractivity contribution in [3.05, 3.63) is 65.7 Å². The predicted octanol–water partition coefficient (Wildman–Crippen LogP) is 4.06. The van der Waals surface area contributed by atoms with E-state index in [-0.39, 0.29) is 5.91 Å². The third-order valence-corrected chi connectivity index (χ3v) is 4.84. The van der Waals surface area contributed by atoms with E-state index in [9.17, 15) is 9.59 Å². The summed E-state index contributed by atoms with van der Waals surface area (Å²) in [5, 5.41) is 7.85. The number of ether oxygens (including phenoxy) is 1. The van der Waals surface area contributed by atoms with E-state index in [4.69, 9.17) is 4.74 Å². The van der Waals surface area contributed by atoms with Crippen LogP contribution >= 0.6 is 0 Å². The summed E-state index contributed by atoms with van der Waals surface area (Å²) in [5.41, 5.74) is 0.450. The van der Waals surface area contributed by atoms with Gasteiger partial charge in [-0.15, -0.1) is 5.01 Å². The van der Waals surface area contributed by atoms with Gasteiger partial charge in [0.15, 0.2) is 0 Å². The van der Waals surface area contributed by atoms with Crippen molar-refractivity contribution in [3.63, 3.8) is 0 Å². The fourth-order valence-electron chi connectivity index (χ4n) is 3.14. The van der Waals surface area contributed by atoms with Crippen molar-refractivity contribution < 1.29 is 14.3 Å². The normalized spacial score (nSPS) is 19.3. The Kier molecular flexibility index (Phi) is 6.09. The van der Waals surface area contributed by atoms with Gasteiger partial charge < -0.3 is 10.1 Å². The van der Waals surface area contributed by atoms with Crippen molar-refractivity contribution in [2.24, 2.45) is 5.10 Å². The van der Waals surface area contributed by atoms with E-state index in [0.29, 0.717) is 13.0 Å². The van der Waals surface area contributed by atoms with Crippen LogP contribution in [0.3, 0.4) is 0 Å². The second-order valence-corrected chi connectivity index (χ2v) is 6.69. The molecular formula is C22H25N3O3. The molecule has 0 aromatic heterocycles. The summed E-state index contributed by atoms with van der Waals surface area (Å²) in [7, 11) is 0. The Hall–Kier alpha value is -3.15. The Bertz CT molecular complexity index is 849. The maximum Gasteiger partial charge on any atom is 0.346 e. The molecule has 0 spiro atoms. The van der Waals surface area contributed by atoms with Crippen molar-refractivity contribution in [3.8, 4) is 5.75 Å². The maximum atomic E-state index is 13.0. The second kappa shape index (κ2) is 8.69. The van der Waals surface area contributed by atoms with Crippen LogP contribution in [0.5, 0.6) is 5.75 Å². The fraction of sp³-hybridized carbons (Fsp3) is 0.318. The summed E-state index contributed by atoms with van der Waals surface area (Å²) in [4.78, 5) is 25.4. The number of rotatable bonds is 8. The first kappa shape index (κ1) is 19.6. The Balaban J connectivity index is 1.74. The topological polar surface area (TPSA) is 71.0 Å². The Morgan fingerprint density at radius 2 is 1.79 bits per heavy atom. The average Bonchev–Trinajstić information content (AvgIpc) is 2.98. The number of hydrogen-bond acceptors (Lipinski definition) is 4. The first-order valence-corrected chi connectivity index (χ1v) is 9.59. The van der Waals surface area contributed by atoms with Gasteiger partial charge in [-0.1, -0.05) is 50.6 Å². The van der Waals surface area contributed by atoms with Gasteiger partial charge in [-0.25, -0.2) is 4.79 Å². The van der Waals surface area contributed by atoms with Gasteiger partial charge in [0.1, 0.15) is 11.3 Å². The summed E-state index contributed by atoms with van der Waals surface area (Å²) >= 11 is 0. The van der Waals surface area contributed by atoms with Crippen molar-refractivity contribution in [2.45, 2.75) is 38.6 Å². The molecule has 0 bridgehead atoms. The van der Waals surface area contributed by atoms with Crippen molar-refractivity contribution in [2.75, 3.05) is 6.61 Å². The lowest BCUT2D eigenvalue weighted by Gasteiger charge is -2.24. The largest absolute Gasteiger partial charge is 0.494 e. The van der Waals surface area contributed by atoms with Gasteiger partial charge in [-0.3, -0.25) is 4.79 Å². The minimum absolute atomic E-state index is 0.373. The van der Waals surface area contributed by atoms with Crippen molar-refractivity contribution in [1.29, 1.82) is 0 Å². The van der Waals surface area contributed by atoms with Crippen LogP contribution in [0.25, 0.3) is 0 Å². The van der Waals surface area contributed by atoms with Crippen LogP contribution in [0.1, 0.15) is 44.2 Å². The van der Waals surface area contributed by atoms with Crippen molar-refractivity contribution in [1.82, 2.24) is 10.3 Å². The molecule has 1 N–H and O–H groups in total. The number of nitrogens with one attached hydrogen (secondary N) is 1. The van der Waals surface area contributed by atoms with Gasteiger partial charge in [-0.2, -0.15) is 5.10 Å². The van der Waals surface area contributed by atoms with Crippen LogP contribution in [0, 0.1) is 0 Å². The smallest absolute Gasteiger partial charge is 0.346 e. The molecule has 1 heterocycles. The highest BCUT2D eigenvalue weighted by atomic mass is 16.5. The summed E-state index contributed by atoms with van der Waals surface area (Å²) in [5.74, 6) is 0.414. The third-order valence-electron chi connectivity index (χ3n) is 4.84. The number of hydrazone groups is 1. The highest BCUT2D eigenvalue weighted by Gasteiger charge is 2.51. The SMILES string of the molecule is CCCCOc1ccc(/C=N\N2C(=O)N[C@@](CC)(c3ccccc3)C2=O)cc1. The molecule has 3 rings (SSSR count). The number of carbonyl (C=O) groups excluding carboxylic acids is 2. The zero-order valence-electron chi connectivity index (χ0n) is 16.2. The average molecular weight is 379 g/mol. The molecule has 1 fully saturated rings. The molecule has 3 amide bonds. The van der Waals surface area contributed by atoms with Crippen molar-refractivity contribution >= 4 is 18.2 Å². The van der Waals surface area contributed by atoms with Gasteiger partial charge in [0.2, 0.25) is 0 Å². The Morgan fingerprint density at radius 3 is 2.43 bits per heavy atom. The molecule has 1 atom stereocenters. The van der Waals surface area contributed by atoms with Crippen LogP contribution in [-0.4, -0.2) is 29.8 Å². The molecule has 0 aliphatic carbocycles. The maximum absolute atomic E-state index is 13.0. The Labute approximate surface area is 165 Å². The lowest BCUT2D eigenvalue weighted by atomic mass is 9.87. The van der Waals surface area contributed by atoms with Crippen LogP contribution in [0.2, 0.25) is 0 Å².